The van der Waals surface area contributed by atoms with Crippen molar-refractivity contribution in [1.29, 1.82) is 0 Å². The maximum atomic E-state index is 14.8. The summed E-state index contributed by atoms with van der Waals surface area (Å²) in [7, 11) is 1.92. The summed E-state index contributed by atoms with van der Waals surface area (Å²) in [4.78, 5) is 3.86. The van der Waals surface area contributed by atoms with Crippen molar-refractivity contribution >= 4 is 27.6 Å². The molecule has 0 radical (unpaired) electrons. The SMILES string of the molecule is [C-]#[N+]c1ccc(-c2ccc3c(c2)C(C)(C)c2ccccc2-3)c2oc3c(-c4cc(F)c(C)c[n+]4C)c(C)ccc3c12. The Labute approximate surface area is 233 Å². The molecule has 1 aliphatic rings. The van der Waals surface area contributed by atoms with Crippen LogP contribution in [0, 0.1) is 26.2 Å². The molecule has 1 aliphatic carbocycles. The Morgan fingerprint density at radius 1 is 0.825 bits per heavy atom. The van der Waals surface area contributed by atoms with Gasteiger partial charge in [-0.05, 0) is 53.3 Å². The molecular formula is C36H28FN2O+. The van der Waals surface area contributed by atoms with Gasteiger partial charge in [0.2, 0.25) is 5.69 Å². The molecule has 7 rings (SSSR count). The monoisotopic (exact) mass is 523 g/mol. The van der Waals surface area contributed by atoms with E-state index in [1.807, 2.05) is 42.8 Å². The molecule has 0 saturated carbocycles. The molecule has 194 valence electrons. The molecule has 4 aromatic carbocycles. The van der Waals surface area contributed by atoms with Crippen LogP contribution in [0.25, 0.3) is 60.3 Å². The van der Waals surface area contributed by atoms with E-state index in [1.165, 1.54) is 22.3 Å². The normalized spacial score (nSPS) is 13.4. The van der Waals surface area contributed by atoms with Gasteiger partial charge in [0.25, 0.3) is 0 Å². The van der Waals surface area contributed by atoms with Gasteiger partial charge in [0.05, 0.1) is 12.1 Å². The molecule has 0 N–H and O–H groups in total. The minimum Gasteiger partial charge on any atom is -0.456 e. The van der Waals surface area contributed by atoms with Crippen LogP contribution in [0.4, 0.5) is 10.1 Å². The van der Waals surface area contributed by atoms with Crippen LogP contribution in [0.2, 0.25) is 0 Å². The summed E-state index contributed by atoms with van der Waals surface area (Å²) in [5.41, 5.74) is 12.0. The van der Waals surface area contributed by atoms with E-state index in [2.05, 4.69) is 61.2 Å². The largest absolute Gasteiger partial charge is 0.456 e. The lowest BCUT2D eigenvalue weighted by molar-refractivity contribution is -0.661. The first-order valence-corrected chi connectivity index (χ1v) is 13.5. The average molecular weight is 524 g/mol. The van der Waals surface area contributed by atoms with Crippen molar-refractivity contribution in [1.82, 2.24) is 0 Å². The summed E-state index contributed by atoms with van der Waals surface area (Å²) in [5.74, 6) is -0.259. The highest BCUT2D eigenvalue weighted by atomic mass is 19.1. The third kappa shape index (κ3) is 3.24. The van der Waals surface area contributed by atoms with E-state index in [1.54, 1.807) is 19.2 Å². The minimum absolute atomic E-state index is 0.125. The van der Waals surface area contributed by atoms with Crippen molar-refractivity contribution in [2.45, 2.75) is 33.1 Å². The maximum absolute atomic E-state index is 14.8. The van der Waals surface area contributed by atoms with Gasteiger partial charge in [0, 0.05) is 33.4 Å². The number of pyridine rings is 1. The van der Waals surface area contributed by atoms with Crippen molar-refractivity contribution in [2.75, 3.05) is 0 Å². The van der Waals surface area contributed by atoms with Crippen LogP contribution in [-0.2, 0) is 12.5 Å². The predicted molar refractivity (Wildman–Crippen MR) is 159 cm³/mol. The van der Waals surface area contributed by atoms with Crippen molar-refractivity contribution < 1.29 is 13.4 Å². The van der Waals surface area contributed by atoms with Gasteiger partial charge in [0.15, 0.2) is 11.9 Å². The summed E-state index contributed by atoms with van der Waals surface area (Å²) in [6.07, 6.45) is 1.80. The maximum Gasteiger partial charge on any atom is 0.219 e. The van der Waals surface area contributed by atoms with Gasteiger partial charge in [-0.3, -0.25) is 0 Å². The predicted octanol–water partition coefficient (Wildman–Crippen LogP) is 9.36. The molecule has 40 heavy (non-hydrogen) atoms. The second-order valence-electron chi connectivity index (χ2n) is 11.4. The van der Waals surface area contributed by atoms with Crippen molar-refractivity contribution in [3.63, 3.8) is 0 Å². The fraction of sp³-hybridized carbons (Fsp3) is 0.167. The molecule has 6 aromatic rings. The van der Waals surface area contributed by atoms with Gasteiger partial charge in [-0.15, -0.1) is 0 Å². The van der Waals surface area contributed by atoms with Crippen LogP contribution in [0.15, 0.2) is 83.4 Å². The fourth-order valence-corrected chi connectivity index (χ4v) is 6.54. The average Bonchev–Trinajstić information content (AvgIpc) is 3.44. The number of fused-ring (bicyclic) bond motifs is 6. The first-order chi connectivity index (χ1) is 19.2. The van der Waals surface area contributed by atoms with Crippen LogP contribution >= 0.6 is 0 Å². The van der Waals surface area contributed by atoms with Crippen LogP contribution in [0.1, 0.15) is 36.1 Å². The third-order valence-electron chi connectivity index (χ3n) is 8.65. The number of aromatic nitrogens is 1. The van der Waals surface area contributed by atoms with Crippen LogP contribution in [0.3, 0.4) is 0 Å². The topological polar surface area (TPSA) is 21.4 Å². The molecule has 4 heteroatoms. The number of hydrogen-bond acceptors (Lipinski definition) is 1. The second kappa shape index (κ2) is 8.37. The van der Waals surface area contributed by atoms with E-state index in [-0.39, 0.29) is 11.2 Å². The Morgan fingerprint density at radius 2 is 1.57 bits per heavy atom. The third-order valence-corrected chi connectivity index (χ3v) is 8.65. The highest BCUT2D eigenvalue weighted by Crippen LogP contribution is 2.51. The molecule has 2 aromatic heterocycles. The molecule has 0 unspecified atom stereocenters. The molecule has 0 amide bonds. The molecule has 0 spiro atoms. The molecule has 0 atom stereocenters. The van der Waals surface area contributed by atoms with E-state index >= 15 is 0 Å². The summed E-state index contributed by atoms with van der Waals surface area (Å²) in [6, 6.07) is 24.7. The van der Waals surface area contributed by atoms with Crippen LogP contribution < -0.4 is 4.57 Å². The minimum atomic E-state index is -0.259. The Bertz CT molecular complexity index is 2090. The molecule has 0 bridgehead atoms. The highest BCUT2D eigenvalue weighted by molar-refractivity contribution is 6.18. The summed E-state index contributed by atoms with van der Waals surface area (Å²) >= 11 is 0. The number of rotatable bonds is 2. The smallest absolute Gasteiger partial charge is 0.219 e. The summed E-state index contributed by atoms with van der Waals surface area (Å²) in [6.45, 7) is 16.2. The van der Waals surface area contributed by atoms with E-state index in [0.717, 1.165) is 38.7 Å². The molecular weight excluding hydrogens is 495 g/mol. The quantitative estimate of drug-likeness (QED) is 0.164. The number of hydrogen-bond donors (Lipinski definition) is 0. The highest BCUT2D eigenvalue weighted by Gasteiger charge is 2.35. The van der Waals surface area contributed by atoms with E-state index < -0.39 is 0 Å². The molecule has 3 nitrogen and oxygen atoms in total. The van der Waals surface area contributed by atoms with Gasteiger partial charge in [-0.1, -0.05) is 74.5 Å². The Morgan fingerprint density at radius 3 is 2.38 bits per heavy atom. The molecule has 2 heterocycles. The number of furan rings is 1. The van der Waals surface area contributed by atoms with Crippen molar-refractivity contribution in [3.05, 3.63) is 118 Å². The first-order valence-electron chi connectivity index (χ1n) is 13.5. The molecule has 0 saturated heterocycles. The summed E-state index contributed by atoms with van der Waals surface area (Å²) in [5, 5.41) is 1.65. The summed E-state index contributed by atoms with van der Waals surface area (Å²) < 4.78 is 23.4. The zero-order valence-corrected chi connectivity index (χ0v) is 23.2. The lowest BCUT2D eigenvalue weighted by Crippen LogP contribution is -2.31. The van der Waals surface area contributed by atoms with Crippen LogP contribution in [0.5, 0.6) is 0 Å². The Hall–Kier alpha value is -4.75. The zero-order valence-electron chi connectivity index (χ0n) is 23.2. The lowest BCUT2D eigenvalue weighted by atomic mass is 9.81. The van der Waals surface area contributed by atoms with Crippen molar-refractivity contribution in [2.24, 2.45) is 7.05 Å². The van der Waals surface area contributed by atoms with Gasteiger partial charge in [-0.25, -0.2) is 13.8 Å². The van der Waals surface area contributed by atoms with Gasteiger partial charge in [-0.2, -0.15) is 0 Å². The van der Waals surface area contributed by atoms with Crippen molar-refractivity contribution in [3.8, 4) is 33.5 Å². The number of nitrogens with zero attached hydrogens (tertiary/aromatic N) is 2. The van der Waals surface area contributed by atoms with Gasteiger partial charge >= 0.3 is 0 Å². The van der Waals surface area contributed by atoms with E-state index in [4.69, 9.17) is 11.0 Å². The van der Waals surface area contributed by atoms with Crippen LogP contribution in [-0.4, -0.2) is 0 Å². The second-order valence-corrected chi connectivity index (χ2v) is 11.4. The van der Waals surface area contributed by atoms with E-state index in [9.17, 15) is 4.39 Å². The fourth-order valence-electron chi connectivity index (χ4n) is 6.54. The zero-order chi connectivity index (χ0) is 27.9. The molecule has 0 fully saturated rings. The number of benzene rings is 4. The van der Waals surface area contributed by atoms with Gasteiger partial charge < -0.3 is 4.42 Å². The first kappa shape index (κ1) is 24.3. The number of halogens is 1. The Kier molecular flexibility index (Phi) is 5.09. The lowest BCUT2D eigenvalue weighted by Gasteiger charge is -2.22. The molecule has 0 aliphatic heterocycles. The van der Waals surface area contributed by atoms with E-state index in [0.29, 0.717) is 22.4 Å². The van der Waals surface area contributed by atoms with Gasteiger partial charge in [0.1, 0.15) is 24.0 Å². The number of aryl methyl sites for hydroxylation is 3. The Balaban J connectivity index is 1.52. The standard InChI is InChI=1S/C36H28FN2O/c1-20-11-13-26-33-30(38-5)16-15-23(34(33)40-35(26)32(20)31-18-29(37)21(2)19-39(31)6)22-12-14-25-24-9-7-8-10-27(24)36(3,4)28(25)17-22/h7-19H,1-4,6H3/q+1.